The molecule has 0 spiro atoms. The Balaban J connectivity index is 2.17. The zero-order valence-corrected chi connectivity index (χ0v) is 9.97. The molecule has 1 fully saturated rings. The van der Waals surface area contributed by atoms with E-state index in [0.717, 1.165) is 25.6 Å². The van der Waals surface area contributed by atoms with Crippen LogP contribution in [-0.2, 0) is 11.3 Å². The van der Waals surface area contributed by atoms with Crippen molar-refractivity contribution in [2.75, 3.05) is 24.6 Å². The van der Waals surface area contributed by atoms with E-state index in [9.17, 15) is 0 Å². The molecule has 90 valence electrons. The maximum absolute atomic E-state index is 5.66. The standard InChI is InChI=1S/C11H20N4O/c1-3-14-5-4-13-11(14)15-7-10(6-12)16-8-9(15)2/h4-5,9-10H,3,6-8,12H2,1-2H3. The van der Waals surface area contributed by atoms with Crippen molar-refractivity contribution in [1.29, 1.82) is 0 Å². The van der Waals surface area contributed by atoms with Crippen molar-refractivity contribution in [2.24, 2.45) is 5.73 Å². The third kappa shape index (κ3) is 2.05. The molecule has 2 rings (SSSR count). The lowest BCUT2D eigenvalue weighted by Gasteiger charge is -2.38. The molecule has 16 heavy (non-hydrogen) atoms. The van der Waals surface area contributed by atoms with Crippen LogP contribution >= 0.6 is 0 Å². The molecule has 2 N–H and O–H groups in total. The minimum atomic E-state index is 0.123. The first-order valence-corrected chi connectivity index (χ1v) is 5.85. The van der Waals surface area contributed by atoms with Crippen LogP contribution in [0.2, 0.25) is 0 Å². The number of hydrogen-bond acceptors (Lipinski definition) is 4. The Morgan fingerprint density at radius 3 is 3.12 bits per heavy atom. The van der Waals surface area contributed by atoms with E-state index in [-0.39, 0.29) is 6.10 Å². The second-order valence-electron chi connectivity index (χ2n) is 4.21. The van der Waals surface area contributed by atoms with Gasteiger partial charge in [-0.15, -0.1) is 0 Å². The molecule has 0 bridgehead atoms. The predicted octanol–water partition coefficient (Wildman–Crippen LogP) is 0.455. The number of imidazole rings is 1. The Bertz CT molecular complexity index is 338. The summed E-state index contributed by atoms with van der Waals surface area (Å²) in [5.74, 6) is 1.02. The van der Waals surface area contributed by atoms with Gasteiger partial charge in [-0.25, -0.2) is 4.98 Å². The lowest BCUT2D eigenvalue weighted by Crippen LogP contribution is -2.51. The molecule has 1 aliphatic heterocycles. The minimum absolute atomic E-state index is 0.123. The second-order valence-corrected chi connectivity index (χ2v) is 4.21. The fraction of sp³-hybridized carbons (Fsp3) is 0.727. The van der Waals surface area contributed by atoms with Crippen molar-refractivity contribution in [3.05, 3.63) is 12.4 Å². The molecule has 1 aromatic heterocycles. The van der Waals surface area contributed by atoms with Crippen LogP contribution in [0.25, 0.3) is 0 Å². The Morgan fingerprint density at radius 2 is 2.44 bits per heavy atom. The average molecular weight is 224 g/mol. The molecule has 2 unspecified atom stereocenters. The highest BCUT2D eigenvalue weighted by atomic mass is 16.5. The van der Waals surface area contributed by atoms with Gasteiger partial charge in [0.15, 0.2) is 0 Å². The van der Waals surface area contributed by atoms with E-state index in [0.29, 0.717) is 12.6 Å². The van der Waals surface area contributed by atoms with Crippen molar-refractivity contribution in [3.8, 4) is 0 Å². The van der Waals surface area contributed by atoms with Gasteiger partial charge in [0, 0.05) is 32.0 Å². The quantitative estimate of drug-likeness (QED) is 0.810. The van der Waals surface area contributed by atoms with E-state index in [1.807, 2.05) is 12.4 Å². The van der Waals surface area contributed by atoms with E-state index < -0.39 is 0 Å². The zero-order valence-electron chi connectivity index (χ0n) is 9.97. The molecular weight excluding hydrogens is 204 g/mol. The number of morpholine rings is 1. The number of rotatable bonds is 3. The normalized spacial score (nSPS) is 26.1. The molecular formula is C11H20N4O. The fourth-order valence-electron chi connectivity index (χ4n) is 2.05. The summed E-state index contributed by atoms with van der Waals surface area (Å²) in [4.78, 5) is 6.70. The van der Waals surface area contributed by atoms with E-state index in [4.69, 9.17) is 10.5 Å². The molecule has 2 atom stereocenters. The molecule has 1 saturated heterocycles. The highest BCUT2D eigenvalue weighted by Crippen LogP contribution is 2.19. The number of aryl methyl sites for hydroxylation is 1. The summed E-state index contributed by atoms with van der Waals surface area (Å²) in [5, 5.41) is 0. The van der Waals surface area contributed by atoms with Crippen LogP contribution in [0.15, 0.2) is 12.4 Å². The Labute approximate surface area is 96.2 Å². The average Bonchev–Trinajstić information content (AvgIpc) is 2.77. The first-order chi connectivity index (χ1) is 7.76. The topological polar surface area (TPSA) is 56.3 Å². The summed E-state index contributed by atoms with van der Waals surface area (Å²) in [7, 11) is 0. The van der Waals surface area contributed by atoms with Crippen molar-refractivity contribution < 1.29 is 4.74 Å². The van der Waals surface area contributed by atoms with E-state index in [2.05, 4.69) is 28.3 Å². The fourth-order valence-corrected chi connectivity index (χ4v) is 2.05. The number of aromatic nitrogens is 2. The SMILES string of the molecule is CCn1ccnc1N1CC(CN)OCC1C. The van der Waals surface area contributed by atoms with Crippen LogP contribution in [0.1, 0.15) is 13.8 Å². The van der Waals surface area contributed by atoms with Gasteiger partial charge < -0.3 is 19.9 Å². The Kier molecular flexibility index (Phi) is 3.46. The first-order valence-electron chi connectivity index (χ1n) is 5.85. The molecule has 2 heterocycles. The van der Waals surface area contributed by atoms with Crippen LogP contribution in [0.5, 0.6) is 0 Å². The Hall–Kier alpha value is -1.07. The minimum Gasteiger partial charge on any atom is -0.373 e. The van der Waals surface area contributed by atoms with Crippen LogP contribution in [0.4, 0.5) is 5.95 Å². The van der Waals surface area contributed by atoms with Crippen LogP contribution < -0.4 is 10.6 Å². The molecule has 1 aliphatic rings. The zero-order chi connectivity index (χ0) is 11.5. The van der Waals surface area contributed by atoms with E-state index in [1.165, 1.54) is 0 Å². The molecule has 0 radical (unpaired) electrons. The van der Waals surface area contributed by atoms with Gasteiger partial charge >= 0.3 is 0 Å². The van der Waals surface area contributed by atoms with Gasteiger partial charge in [-0.1, -0.05) is 0 Å². The maximum atomic E-state index is 5.66. The second kappa shape index (κ2) is 4.84. The molecule has 0 amide bonds. The predicted molar refractivity (Wildman–Crippen MR) is 63.5 cm³/mol. The third-order valence-corrected chi connectivity index (χ3v) is 3.06. The summed E-state index contributed by atoms with van der Waals surface area (Å²) < 4.78 is 7.79. The van der Waals surface area contributed by atoms with Crippen LogP contribution in [0.3, 0.4) is 0 Å². The number of nitrogens with two attached hydrogens (primary N) is 1. The van der Waals surface area contributed by atoms with Gasteiger partial charge in [-0.05, 0) is 13.8 Å². The molecule has 0 aromatic carbocycles. The maximum Gasteiger partial charge on any atom is 0.205 e. The van der Waals surface area contributed by atoms with Gasteiger partial charge in [0.1, 0.15) is 0 Å². The lowest BCUT2D eigenvalue weighted by molar-refractivity contribution is 0.0274. The van der Waals surface area contributed by atoms with E-state index in [1.54, 1.807) is 0 Å². The van der Waals surface area contributed by atoms with Gasteiger partial charge in [-0.3, -0.25) is 0 Å². The van der Waals surface area contributed by atoms with Crippen molar-refractivity contribution in [2.45, 2.75) is 32.5 Å². The highest BCUT2D eigenvalue weighted by molar-refractivity contribution is 5.34. The molecule has 0 saturated carbocycles. The third-order valence-electron chi connectivity index (χ3n) is 3.06. The molecule has 5 nitrogen and oxygen atoms in total. The number of nitrogens with zero attached hydrogens (tertiary/aromatic N) is 3. The van der Waals surface area contributed by atoms with Crippen molar-refractivity contribution in [3.63, 3.8) is 0 Å². The Morgan fingerprint density at radius 1 is 1.62 bits per heavy atom. The number of anilines is 1. The lowest BCUT2D eigenvalue weighted by atomic mass is 10.2. The summed E-state index contributed by atoms with van der Waals surface area (Å²) in [6.07, 6.45) is 3.98. The van der Waals surface area contributed by atoms with Crippen LogP contribution in [-0.4, -0.2) is 41.4 Å². The van der Waals surface area contributed by atoms with Gasteiger partial charge in [-0.2, -0.15) is 0 Å². The monoisotopic (exact) mass is 224 g/mol. The van der Waals surface area contributed by atoms with Gasteiger partial charge in [0.25, 0.3) is 0 Å². The van der Waals surface area contributed by atoms with Gasteiger partial charge in [0.2, 0.25) is 5.95 Å². The molecule has 0 aliphatic carbocycles. The molecule has 5 heteroatoms. The van der Waals surface area contributed by atoms with Crippen LogP contribution in [0, 0.1) is 0 Å². The number of ether oxygens (including phenoxy) is 1. The summed E-state index contributed by atoms with van der Waals surface area (Å²) in [6, 6.07) is 0.357. The largest absolute Gasteiger partial charge is 0.373 e. The van der Waals surface area contributed by atoms with Crippen molar-refractivity contribution >= 4 is 5.95 Å². The summed E-state index contributed by atoms with van der Waals surface area (Å²) in [6.45, 7) is 7.33. The highest BCUT2D eigenvalue weighted by Gasteiger charge is 2.27. The molecule has 1 aromatic rings. The smallest absolute Gasteiger partial charge is 0.205 e. The first kappa shape index (κ1) is 11.4. The van der Waals surface area contributed by atoms with Gasteiger partial charge in [0.05, 0.1) is 18.8 Å². The van der Waals surface area contributed by atoms with Crippen molar-refractivity contribution in [1.82, 2.24) is 9.55 Å². The number of hydrogen-bond donors (Lipinski definition) is 1. The van der Waals surface area contributed by atoms with E-state index >= 15 is 0 Å². The summed E-state index contributed by atoms with van der Waals surface area (Å²) in [5.41, 5.74) is 5.66. The summed E-state index contributed by atoms with van der Waals surface area (Å²) >= 11 is 0.